The summed E-state index contributed by atoms with van der Waals surface area (Å²) in [6, 6.07) is 15.7. The van der Waals surface area contributed by atoms with Gasteiger partial charge >= 0.3 is 0 Å². The lowest BCUT2D eigenvalue weighted by Gasteiger charge is -2.19. The van der Waals surface area contributed by atoms with Gasteiger partial charge < -0.3 is 9.47 Å². The summed E-state index contributed by atoms with van der Waals surface area (Å²) in [5.74, 6) is 1.22. The highest BCUT2D eigenvalue weighted by Gasteiger charge is 2.22. The molecular weight excluding hydrogens is 420 g/mol. The molecule has 2 heterocycles. The Labute approximate surface area is 193 Å². The van der Waals surface area contributed by atoms with Crippen molar-refractivity contribution in [3.8, 4) is 11.4 Å². The Kier molecular flexibility index (Phi) is 6.20. The largest absolute Gasteiger partial charge is 0.312 e. The maximum absolute atomic E-state index is 12.7. The molecule has 0 radical (unpaired) electrons. The summed E-state index contributed by atoms with van der Waals surface area (Å²) < 4.78 is 1.92. The van der Waals surface area contributed by atoms with Gasteiger partial charge in [-0.25, -0.2) is 0 Å². The van der Waals surface area contributed by atoms with Crippen LogP contribution in [0.25, 0.3) is 11.4 Å². The van der Waals surface area contributed by atoms with E-state index in [1.54, 1.807) is 17.0 Å². The van der Waals surface area contributed by atoms with Crippen LogP contribution < -0.4 is 4.90 Å². The monoisotopic (exact) mass is 448 g/mol. The van der Waals surface area contributed by atoms with Gasteiger partial charge in [0.25, 0.3) is 0 Å². The Morgan fingerprint density at radius 2 is 1.72 bits per heavy atom. The predicted molar refractivity (Wildman–Crippen MR) is 128 cm³/mol. The van der Waals surface area contributed by atoms with Gasteiger partial charge in [-0.15, -0.1) is 10.2 Å². The standard InChI is InChI=1S/C25H28N4O2S/c1-25(2,3)19-11-7-18(8-12-19)23-26-27-24(28(23)4)32-16-21(30)17-9-13-20(14-10-17)29-15-5-6-22(29)31/h7-14H,5-6,15-16H2,1-4H3. The molecule has 0 saturated carbocycles. The molecule has 7 heteroatoms. The Balaban J connectivity index is 1.40. The van der Waals surface area contributed by atoms with Crippen molar-refractivity contribution in [3.05, 3.63) is 59.7 Å². The average Bonchev–Trinajstić information content (AvgIpc) is 3.37. The Morgan fingerprint density at radius 3 is 2.31 bits per heavy atom. The number of Topliss-reactive ketones (excluding diaryl/α,β-unsaturated/α-hetero) is 1. The minimum absolute atomic E-state index is 0.0216. The first-order chi connectivity index (χ1) is 15.2. The number of anilines is 1. The van der Waals surface area contributed by atoms with Crippen molar-refractivity contribution >= 4 is 29.1 Å². The number of ketones is 1. The number of thioether (sulfide) groups is 1. The molecule has 0 spiro atoms. The van der Waals surface area contributed by atoms with Gasteiger partial charge in [0.15, 0.2) is 16.8 Å². The number of rotatable bonds is 6. The molecule has 4 rings (SSSR count). The number of nitrogens with zero attached hydrogens (tertiary/aromatic N) is 4. The highest BCUT2D eigenvalue weighted by molar-refractivity contribution is 7.99. The smallest absolute Gasteiger partial charge is 0.227 e. The molecule has 1 aliphatic heterocycles. The summed E-state index contributed by atoms with van der Waals surface area (Å²) in [7, 11) is 1.92. The van der Waals surface area contributed by atoms with Gasteiger partial charge in [0.1, 0.15) is 0 Å². The third-order valence-electron chi connectivity index (χ3n) is 5.75. The van der Waals surface area contributed by atoms with Crippen molar-refractivity contribution in [3.63, 3.8) is 0 Å². The van der Waals surface area contributed by atoms with Crippen LogP contribution in [-0.2, 0) is 17.3 Å². The SMILES string of the molecule is Cn1c(SCC(=O)c2ccc(N3CCCC3=O)cc2)nnc1-c1ccc(C(C)(C)C)cc1. The van der Waals surface area contributed by atoms with Gasteiger partial charge in [-0.2, -0.15) is 0 Å². The molecule has 0 N–H and O–H groups in total. The minimum Gasteiger partial charge on any atom is -0.312 e. The van der Waals surface area contributed by atoms with Crippen molar-refractivity contribution in [1.29, 1.82) is 0 Å². The molecule has 1 amide bonds. The molecule has 1 aliphatic rings. The first-order valence-electron chi connectivity index (χ1n) is 10.8. The summed E-state index contributed by atoms with van der Waals surface area (Å²) in [5, 5.41) is 9.32. The lowest BCUT2D eigenvalue weighted by atomic mass is 9.87. The number of carbonyl (C=O) groups excluding carboxylic acids is 2. The normalized spacial score (nSPS) is 14.2. The summed E-state index contributed by atoms with van der Waals surface area (Å²) in [6.45, 7) is 7.32. The zero-order valence-electron chi connectivity index (χ0n) is 19.0. The van der Waals surface area contributed by atoms with E-state index < -0.39 is 0 Å². The van der Waals surface area contributed by atoms with E-state index in [1.165, 1.54) is 17.3 Å². The molecule has 0 bridgehead atoms. The molecule has 0 atom stereocenters. The van der Waals surface area contributed by atoms with Crippen LogP contribution in [0.5, 0.6) is 0 Å². The summed E-state index contributed by atoms with van der Waals surface area (Å²) in [4.78, 5) is 26.3. The maximum atomic E-state index is 12.7. The van der Waals surface area contributed by atoms with Gasteiger partial charge in [0.05, 0.1) is 5.75 Å². The Bertz CT molecular complexity index is 1130. The van der Waals surface area contributed by atoms with Crippen LogP contribution in [0, 0.1) is 0 Å². The second kappa shape index (κ2) is 8.90. The molecule has 2 aromatic carbocycles. The highest BCUT2D eigenvalue weighted by Crippen LogP contribution is 2.27. The number of amides is 1. The van der Waals surface area contributed by atoms with Gasteiger partial charge in [-0.05, 0) is 41.7 Å². The van der Waals surface area contributed by atoms with E-state index in [0.717, 1.165) is 30.0 Å². The predicted octanol–water partition coefficient (Wildman–Crippen LogP) is 4.88. The van der Waals surface area contributed by atoms with E-state index in [4.69, 9.17) is 0 Å². The van der Waals surface area contributed by atoms with Crippen LogP contribution in [0.1, 0.15) is 49.5 Å². The van der Waals surface area contributed by atoms with Crippen LogP contribution >= 0.6 is 11.8 Å². The van der Waals surface area contributed by atoms with E-state index in [0.29, 0.717) is 17.1 Å². The molecule has 1 fully saturated rings. The summed E-state index contributed by atoms with van der Waals surface area (Å²) >= 11 is 1.38. The molecule has 1 saturated heterocycles. The molecule has 1 aromatic heterocycles. The topological polar surface area (TPSA) is 68.1 Å². The summed E-state index contributed by atoms with van der Waals surface area (Å²) in [5.41, 5.74) is 3.85. The highest BCUT2D eigenvalue weighted by atomic mass is 32.2. The van der Waals surface area contributed by atoms with E-state index in [1.807, 2.05) is 23.7 Å². The zero-order chi connectivity index (χ0) is 22.9. The van der Waals surface area contributed by atoms with Crippen molar-refractivity contribution in [2.24, 2.45) is 7.05 Å². The average molecular weight is 449 g/mol. The lowest BCUT2D eigenvalue weighted by molar-refractivity contribution is -0.117. The van der Waals surface area contributed by atoms with Gasteiger partial charge in [0.2, 0.25) is 5.91 Å². The number of carbonyl (C=O) groups is 2. The van der Waals surface area contributed by atoms with Crippen molar-refractivity contribution < 1.29 is 9.59 Å². The first kappa shape index (κ1) is 22.3. The minimum atomic E-state index is 0.0216. The molecule has 0 unspecified atom stereocenters. The maximum Gasteiger partial charge on any atom is 0.227 e. The third-order valence-corrected chi connectivity index (χ3v) is 6.77. The van der Waals surface area contributed by atoms with Gasteiger partial charge in [-0.1, -0.05) is 56.8 Å². The molecule has 0 aliphatic carbocycles. The van der Waals surface area contributed by atoms with Crippen LogP contribution in [-0.4, -0.2) is 38.8 Å². The fraction of sp³-hybridized carbons (Fsp3) is 0.360. The zero-order valence-corrected chi connectivity index (χ0v) is 19.8. The number of hydrogen-bond acceptors (Lipinski definition) is 5. The lowest BCUT2D eigenvalue weighted by Crippen LogP contribution is -2.23. The second-order valence-corrected chi connectivity index (χ2v) is 10.0. The molecule has 32 heavy (non-hydrogen) atoms. The fourth-order valence-corrected chi connectivity index (χ4v) is 4.58. The molecular formula is C25H28N4O2S. The van der Waals surface area contributed by atoms with Crippen molar-refractivity contribution in [1.82, 2.24) is 14.8 Å². The van der Waals surface area contributed by atoms with E-state index in [2.05, 4.69) is 55.2 Å². The quantitative estimate of drug-likeness (QED) is 0.397. The molecule has 6 nitrogen and oxygen atoms in total. The van der Waals surface area contributed by atoms with Crippen molar-refractivity contribution in [2.45, 2.75) is 44.2 Å². The Morgan fingerprint density at radius 1 is 1.03 bits per heavy atom. The van der Waals surface area contributed by atoms with Gasteiger partial charge in [-0.3, -0.25) is 9.59 Å². The number of aromatic nitrogens is 3. The van der Waals surface area contributed by atoms with Crippen LogP contribution in [0.15, 0.2) is 53.7 Å². The van der Waals surface area contributed by atoms with Crippen LogP contribution in [0.2, 0.25) is 0 Å². The number of benzene rings is 2. The van der Waals surface area contributed by atoms with Crippen LogP contribution in [0.4, 0.5) is 5.69 Å². The van der Waals surface area contributed by atoms with E-state index in [9.17, 15) is 9.59 Å². The number of hydrogen-bond donors (Lipinski definition) is 0. The summed E-state index contributed by atoms with van der Waals surface area (Å²) in [6.07, 6.45) is 1.48. The van der Waals surface area contributed by atoms with Crippen molar-refractivity contribution in [2.75, 3.05) is 17.2 Å². The van der Waals surface area contributed by atoms with Crippen LogP contribution in [0.3, 0.4) is 0 Å². The second-order valence-electron chi connectivity index (χ2n) is 9.10. The van der Waals surface area contributed by atoms with E-state index >= 15 is 0 Å². The first-order valence-corrected chi connectivity index (χ1v) is 11.8. The van der Waals surface area contributed by atoms with E-state index in [-0.39, 0.29) is 22.9 Å². The fourth-order valence-electron chi connectivity index (χ4n) is 3.77. The Hall–Kier alpha value is -2.93. The molecule has 3 aromatic rings. The third kappa shape index (κ3) is 4.63. The van der Waals surface area contributed by atoms with Gasteiger partial charge in [0, 0.05) is 36.8 Å². The molecule has 166 valence electrons.